The quantitative estimate of drug-likeness (QED) is 0.633. The second-order valence-corrected chi connectivity index (χ2v) is 6.48. The van der Waals surface area contributed by atoms with Gasteiger partial charge in [0, 0.05) is 29.9 Å². The number of halogens is 2. The predicted molar refractivity (Wildman–Crippen MR) is 105 cm³/mol. The first-order chi connectivity index (χ1) is 13.1. The highest BCUT2D eigenvalue weighted by Gasteiger charge is 2.07. The van der Waals surface area contributed by atoms with E-state index in [-0.39, 0.29) is 11.7 Å². The van der Waals surface area contributed by atoms with Gasteiger partial charge < -0.3 is 10.6 Å². The maximum absolute atomic E-state index is 12.9. The zero-order chi connectivity index (χ0) is 19.1. The summed E-state index contributed by atoms with van der Waals surface area (Å²) in [5.41, 5.74) is 2.47. The van der Waals surface area contributed by atoms with E-state index in [9.17, 15) is 9.18 Å². The van der Waals surface area contributed by atoms with Gasteiger partial charge >= 0.3 is 0 Å². The largest absolute Gasteiger partial charge is 0.370 e. The van der Waals surface area contributed by atoms with Crippen molar-refractivity contribution in [1.29, 1.82) is 0 Å². The van der Waals surface area contributed by atoms with Gasteiger partial charge in [0.05, 0.1) is 0 Å². The Morgan fingerprint density at radius 2 is 1.85 bits per heavy atom. The molecule has 0 spiro atoms. The zero-order valence-electron chi connectivity index (χ0n) is 14.6. The molecule has 0 aliphatic carbocycles. The van der Waals surface area contributed by atoms with Crippen molar-refractivity contribution in [2.75, 3.05) is 11.9 Å². The second-order valence-electron chi connectivity index (χ2n) is 6.05. The van der Waals surface area contributed by atoms with Gasteiger partial charge in [-0.05, 0) is 53.9 Å². The number of hydrogen-bond acceptors (Lipinski definition) is 3. The van der Waals surface area contributed by atoms with E-state index in [0.717, 1.165) is 17.5 Å². The minimum Gasteiger partial charge on any atom is -0.370 e. The topological polar surface area (TPSA) is 54.0 Å². The van der Waals surface area contributed by atoms with Crippen LogP contribution in [-0.4, -0.2) is 17.4 Å². The van der Waals surface area contributed by atoms with E-state index < -0.39 is 0 Å². The van der Waals surface area contributed by atoms with Crippen LogP contribution in [0.4, 0.5) is 10.2 Å². The highest BCUT2D eigenvalue weighted by atomic mass is 35.5. The molecule has 27 heavy (non-hydrogen) atoms. The third kappa shape index (κ3) is 5.79. The number of carbonyl (C=O) groups excluding carboxylic acids is 1. The van der Waals surface area contributed by atoms with Gasteiger partial charge in [-0.15, -0.1) is 0 Å². The number of amides is 1. The summed E-state index contributed by atoms with van der Waals surface area (Å²) in [4.78, 5) is 16.6. The Balaban J connectivity index is 1.53. The highest BCUT2D eigenvalue weighted by molar-refractivity contribution is 6.30. The molecule has 0 bridgehead atoms. The van der Waals surface area contributed by atoms with Crippen molar-refractivity contribution < 1.29 is 9.18 Å². The second kappa shape index (κ2) is 9.14. The molecule has 1 heterocycles. The van der Waals surface area contributed by atoms with Crippen LogP contribution < -0.4 is 10.6 Å². The number of hydrogen-bond donors (Lipinski definition) is 2. The summed E-state index contributed by atoms with van der Waals surface area (Å²) in [6, 6.07) is 17.1. The summed E-state index contributed by atoms with van der Waals surface area (Å²) in [5.74, 6) is 0.124. The SMILES string of the molecule is O=C(NCc1ccc(F)cc1)c1ccnc(NCCc2cccc(Cl)c2)c1. The lowest BCUT2D eigenvalue weighted by atomic mass is 10.1. The lowest BCUT2D eigenvalue weighted by Crippen LogP contribution is -2.23. The zero-order valence-corrected chi connectivity index (χ0v) is 15.3. The molecular weight excluding hydrogens is 365 g/mol. The van der Waals surface area contributed by atoms with Gasteiger partial charge in [-0.1, -0.05) is 35.9 Å². The molecule has 1 aromatic heterocycles. The van der Waals surface area contributed by atoms with Crippen LogP contribution in [0, 0.1) is 5.82 Å². The van der Waals surface area contributed by atoms with Crippen molar-refractivity contribution >= 4 is 23.3 Å². The number of aromatic nitrogens is 1. The molecule has 0 radical (unpaired) electrons. The molecule has 0 fully saturated rings. The molecule has 1 amide bonds. The fourth-order valence-electron chi connectivity index (χ4n) is 2.58. The standard InChI is InChI=1S/C21H19ClFN3O/c22-18-3-1-2-15(12-18)8-10-24-20-13-17(9-11-25-20)21(27)26-14-16-4-6-19(23)7-5-16/h1-7,9,11-13H,8,10,14H2,(H,24,25)(H,26,27). The van der Waals surface area contributed by atoms with Crippen molar-refractivity contribution in [3.8, 4) is 0 Å². The third-order valence-electron chi connectivity index (χ3n) is 4.00. The van der Waals surface area contributed by atoms with Crippen LogP contribution in [0.5, 0.6) is 0 Å². The average molecular weight is 384 g/mol. The van der Waals surface area contributed by atoms with Crippen molar-refractivity contribution in [1.82, 2.24) is 10.3 Å². The summed E-state index contributed by atoms with van der Waals surface area (Å²) < 4.78 is 12.9. The van der Waals surface area contributed by atoms with Crippen LogP contribution in [0.1, 0.15) is 21.5 Å². The lowest BCUT2D eigenvalue weighted by Gasteiger charge is -2.09. The van der Waals surface area contributed by atoms with Gasteiger partial charge in [0.15, 0.2) is 0 Å². The molecule has 2 N–H and O–H groups in total. The number of anilines is 1. The molecule has 6 heteroatoms. The van der Waals surface area contributed by atoms with Gasteiger partial charge in [-0.25, -0.2) is 9.37 Å². The fraction of sp³-hybridized carbons (Fsp3) is 0.143. The molecule has 3 aromatic rings. The normalized spacial score (nSPS) is 10.4. The van der Waals surface area contributed by atoms with E-state index in [0.29, 0.717) is 29.5 Å². The molecular formula is C21H19ClFN3O. The first-order valence-corrected chi connectivity index (χ1v) is 8.95. The Morgan fingerprint density at radius 1 is 1.04 bits per heavy atom. The Labute approximate surface area is 162 Å². The molecule has 3 rings (SSSR count). The number of benzene rings is 2. The Bertz CT molecular complexity index is 915. The lowest BCUT2D eigenvalue weighted by molar-refractivity contribution is 0.0951. The number of nitrogens with one attached hydrogen (secondary N) is 2. The van der Waals surface area contributed by atoms with Crippen LogP contribution in [0.15, 0.2) is 66.9 Å². The van der Waals surface area contributed by atoms with E-state index in [4.69, 9.17) is 11.6 Å². The van der Waals surface area contributed by atoms with E-state index >= 15 is 0 Å². The minimum atomic E-state index is -0.298. The van der Waals surface area contributed by atoms with Crippen LogP contribution in [0.25, 0.3) is 0 Å². The van der Waals surface area contributed by atoms with Crippen LogP contribution >= 0.6 is 11.6 Å². The minimum absolute atomic E-state index is 0.209. The van der Waals surface area contributed by atoms with Gasteiger partial charge in [-0.2, -0.15) is 0 Å². The highest BCUT2D eigenvalue weighted by Crippen LogP contribution is 2.12. The Morgan fingerprint density at radius 3 is 2.63 bits per heavy atom. The molecule has 0 unspecified atom stereocenters. The maximum atomic E-state index is 12.9. The van der Waals surface area contributed by atoms with Gasteiger partial charge in [0.25, 0.3) is 5.91 Å². The maximum Gasteiger partial charge on any atom is 0.251 e. The summed E-state index contributed by atoms with van der Waals surface area (Å²) >= 11 is 5.98. The van der Waals surface area contributed by atoms with Gasteiger partial charge in [0.2, 0.25) is 0 Å². The summed E-state index contributed by atoms with van der Waals surface area (Å²) in [7, 11) is 0. The molecule has 0 atom stereocenters. The van der Waals surface area contributed by atoms with Crippen LogP contribution in [0.2, 0.25) is 5.02 Å². The molecule has 4 nitrogen and oxygen atoms in total. The molecule has 0 aliphatic heterocycles. The van der Waals surface area contributed by atoms with Crippen molar-refractivity contribution in [2.24, 2.45) is 0 Å². The monoisotopic (exact) mass is 383 g/mol. The smallest absolute Gasteiger partial charge is 0.251 e. The first-order valence-electron chi connectivity index (χ1n) is 8.57. The number of nitrogens with zero attached hydrogens (tertiary/aromatic N) is 1. The molecule has 138 valence electrons. The van der Waals surface area contributed by atoms with Gasteiger partial charge in [-0.3, -0.25) is 4.79 Å². The summed E-state index contributed by atoms with van der Waals surface area (Å²) in [5, 5.41) is 6.74. The average Bonchev–Trinajstić information content (AvgIpc) is 2.68. The summed E-state index contributed by atoms with van der Waals surface area (Å²) in [6.45, 7) is 1.01. The van der Waals surface area contributed by atoms with E-state index in [1.165, 1.54) is 12.1 Å². The van der Waals surface area contributed by atoms with E-state index in [1.807, 2.05) is 24.3 Å². The van der Waals surface area contributed by atoms with E-state index in [2.05, 4.69) is 15.6 Å². The molecule has 0 saturated heterocycles. The van der Waals surface area contributed by atoms with Crippen molar-refractivity contribution in [3.63, 3.8) is 0 Å². The van der Waals surface area contributed by atoms with E-state index in [1.54, 1.807) is 30.5 Å². The van der Waals surface area contributed by atoms with Crippen molar-refractivity contribution in [2.45, 2.75) is 13.0 Å². The third-order valence-corrected chi connectivity index (χ3v) is 4.23. The Hall–Kier alpha value is -2.92. The molecule has 2 aromatic carbocycles. The number of pyridine rings is 1. The predicted octanol–water partition coefficient (Wildman–Crippen LogP) is 4.46. The first kappa shape index (κ1) is 18.9. The molecule has 0 saturated carbocycles. The van der Waals surface area contributed by atoms with Crippen molar-refractivity contribution in [3.05, 3.63) is 94.4 Å². The number of carbonyl (C=O) groups is 1. The van der Waals surface area contributed by atoms with Crippen LogP contribution in [-0.2, 0) is 13.0 Å². The Kier molecular flexibility index (Phi) is 6.39. The molecule has 0 aliphatic rings. The number of rotatable bonds is 7. The fourth-order valence-corrected chi connectivity index (χ4v) is 2.80. The van der Waals surface area contributed by atoms with Crippen LogP contribution in [0.3, 0.4) is 0 Å². The van der Waals surface area contributed by atoms with Gasteiger partial charge in [0.1, 0.15) is 11.6 Å². The summed E-state index contributed by atoms with van der Waals surface area (Å²) in [6.07, 6.45) is 2.39.